The Morgan fingerprint density at radius 2 is 1.95 bits per heavy atom. The van der Waals surface area contributed by atoms with Crippen molar-refractivity contribution >= 4 is 11.6 Å². The van der Waals surface area contributed by atoms with E-state index in [0.29, 0.717) is 12.3 Å². The fourth-order valence-corrected chi connectivity index (χ4v) is 2.01. The number of ether oxygens (including phenoxy) is 1. The molecule has 0 spiro atoms. The van der Waals surface area contributed by atoms with E-state index in [2.05, 4.69) is 5.32 Å². The third-order valence-electron chi connectivity index (χ3n) is 2.77. The zero-order valence-electron chi connectivity index (χ0n) is 10.9. The molecule has 0 aromatic heterocycles. The third-order valence-corrected chi connectivity index (χ3v) is 3.06. The van der Waals surface area contributed by atoms with Gasteiger partial charge in [-0.1, -0.05) is 17.7 Å². The Bertz CT molecular complexity index is 604. The highest BCUT2D eigenvalue weighted by molar-refractivity contribution is 6.30. The molecule has 0 saturated carbocycles. The molecule has 0 amide bonds. The topological polar surface area (TPSA) is 21.3 Å². The summed E-state index contributed by atoms with van der Waals surface area (Å²) >= 11 is 5.71. The number of hydrogen-bond donors (Lipinski definition) is 1. The maximum absolute atomic E-state index is 13.2. The second-order valence-electron chi connectivity index (χ2n) is 4.32. The Hall–Kier alpha value is -1.65. The fourth-order valence-electron chi connectivity index (χ4n) is 1.81. The number of rotatable bonds is 5. The Kier molecular flexibility index (Phi) is 4.93. The summed E-state index contributed by atoms with van der Waals surface area (Å²) in [5, 5.41) is 3.01. The van der Waals surface area contributed by atoms with Gasteiger partial charge in [0.15, 0.2) is 0 Å². The highest BCUT2D eigenvalue weighted by Crippen LogP contribution is 2.22. The summed E-state index contributed by atoms with van der Waals surface area (Å²) in [6, 6.07) is 8.74. The van der Waals surface area contributed by atoms with E-state index in [9.17, 15) is 8.78 Å². The number of halogens is 3. The number of nitrogens with one attached hydrogen (secondary N) is 1. The molecule has 0 unspecified atom stereocenters. The molecular weight excluding hydrogens is 284 g/mol. The molecule has 0 fully saturated rings. The lowest BCUT2D eigenvalue weighted by molar-refractivity contribution is 0.301. The molecule has 1 N–H and O–H groups in total. The van der Waals surface area contributed by atoms with Crippen molar-refractivity contribution in [2.75, 3.05) is 7.05 Å². The van der Waals surface area contributed by atoms with Gasteiger partial charge in [0, 0.05) is 12.1 Å². The molecule has 0 radical (unpaired) electrons. The van der Waals surface area contributed by atoms with E-state index < -0.39 is 5.82 Å². The summed E-state index contributed by atoms with van der Waals surface area (Å²) in [6.45, 7) is 0.736. The van der Waals surface area contributed by atoms with E-state index in [0.717, 1.165) is 11.1 Å². The van der Waals surface area contributed by atoms with Crippen LogP contribution in [0, 0.1) is 11.6 Å². The molecule has 0 bridgehead atoms. The van der Waals surface area contributed by atoms with Crippen LogP contribution in [0.15, 0.2) is 36.4 Å². The Morgan fingerprint density at radius 3 is 2.65 bits per heavy atom. The van der Waals surface area contributed by atoms with Gasteiger partial charge in [-0.05, 0) is 42.9 Å². The van der Waals surface area contributed by atoms with E-state index in [1.165, 1.54) is 24.3 Å². The van der Waals surface area contributed by atoms with Crippen molar-refractivity contribution in [3.8, 4) is 5.75 Å². The normalized spacial score (nSPS) is 10.6. The van der Waals surface area contributed by atoms with Crippen LogP contribution in [0.2, 0.25) is 5.02 Å². The van der Waals surface area contributed by atoms with Gasteiger partial charge in [0.25, 0.3) is 0 Å². The van der Waals surface area contributed by atoms with E-state index in [1.807, 2.05) is 0 Å². The summed E-state index contributed by atoms with van der Waals surface area (Å²) in [5.74, 6) is -0.193. The van der Waals surface area contributed by atoms with Crippen molar-refractivity contribution in [3.05, 3.63) is 64.2 Å². The number of hydrogen-bond acceptors (Lipinski definition) is 2. The smallest absolute Gasteiger partial charge is 0.141 e. The van der Waals surface area contributed by atoms with Gasteiger partial charge >= 0.3 is 0 Å². The standard InChI is InChI=1S/C15H14ClF2NO/c1-19-8-11-7-12(17)3-5-15(11)20-9-10-2-4-14(18)13(16)6-10/h2-7,19H,8-9H2,1H3. The first-order chi connectivity index (χ1) is 9.60. The van der Waals surface area contributed by atoms with E-state index in [4.69, 9.17) is 16.3 Å². The average molecular weight is 298 g/mol. The van der Waals surface area contributed by atoms with Crippen LogP contribution in [-0.4, -0.2) is 7.05 Å². The summed E-state index contributed by atoms with van der Waals surface area (Å²) < 4.78 is 31.9. The molecule has 0 heterocycles. The quantitative estimate of drug-likeness (QED) is 0.903. The molecule has 5 heteroatoms. The van der Waals surface area contributed by atoms with Gasteiger partial charge in [-0.25, -0.2) is 8.78 Å². The molecule has 106 valence electrons. The van der Waals surface area contributed by atoms with Gasteiger partial charge < -0.3 is 10.1 Å². The lowest BCUT2D eigenvalue weighted by Gasteiger charge is -2.12. The first kappa shape index (κ1) is 14.8. The largest absolute Gasteiger partial charge is 0.489 e. The van der Waals surface area contributed by atoms with Gasteiger partial charge in [-0.15, -0.1) is 0 Å². The van der Waals surface area contributed by atoms with Crippen LogP contribution in [-0.2, 0) is 13.2 Å². The van der Waals surface area contributed by atoms with Crippen molar-refractivity contribution in [1.82, 2.24) is 5.32 Å². The fraction of sp³-hybridized carbons (Fsp3) is 0.200. The molecule has 20 heavy (non-hydrogen) atoms. The zero-order chi connectivity index (χ0) is 14.5. The Balaban J connectivity index is 2.11. The summed E-state index contributed by atoms with van der Waals surface area (Å²) in [7, 11) is 1.77. The monoisotopic (exact) mass is 297 g/mol. The average Bonchev–Trinajstić information content (AvgIpc) is 2.42. The van der Waals surface area contributed by atoms with Crippen LogP contribution in [0.4, 0.5) is 8.78 Å². The van der Waals surface area contributed by atoms with Crippen molar-refractivity contribution < 1.29 is 13.5 Å². The van der Waals surface area contributed by atoms with Gasteiger partial charge in [-0.3, -0.25) is 0 Å². The van der Waals surface area contributed by atoms with Gasteiger partial charge in [0.05, 0.1) is 5.02 Å². The highest BCUT2D eigenvalue weighted by atomic mass is 35.5. The van der Waals surface area contributed by atoms with E-state index >= 15 is 0 Å². The summed E-state index contributed by atoms with van der Waals surface area (Å²) in [5.41, 5.74) is 1.47. The van der Waals surface area contributed by atoms with E-state index in [1.54, 1.807) is 19.2 Å². The molecule has 0 aliphatic rings. The van der Waals surface area contributed by atoms with Crippen LogP contribution in [0.5, 0.6) is 5.75 Å². The molecule has 0 aliphatic heterocycles. The molecule has 0 aliphatic carbocycles. The first-order valence-corrected chi connectivity index (χ1v) is 6.47. The van der Waals surface area contributed by atoms with Gasteiger partial charge in [-0.2, -0.15) is 0 Å². The molecule has 0 saturated heterocycles. The van der Waals surface area contributed by atoms with Crippen LogP contribution >= 0.6 is 11.6 Å². The van der Waals surface area contributed by atoms with E-state index in [-0.39, 0.29) is 17.4 Å². The van der Waals surface area contributed by atoms with Crippen LogP contribution in [0.1, 0.15) is 11.1 Å². The van der Waals surface area contributed by atoms with Crippen molar-refractivity contribution in [2.24, 2.45) is 0 Å². The minimum atomic E-state index is -0.465. The highest BCUT2D eigenvalue weighted by Gasteiger charge is 2.06. The predicted molar refractivity (Wildman–Crippen MR) is 74.9 cm³/mol. The van der Waals surface area contributed by atoms with Crippen LogP contribution in [0.25, 0.3) is 0 Å². The lowest BCUT2D eigenvalue weighted by atomic mass is 10.2. The van der Waals surface area contributed by atoms with Crippen molar-refractivity contribution in [3.63, 3.8) is 0 Å². The predicted octanol–water partition coefficient (Wildman–Crippen LogP) is 3.92. The van der Waals surface area contributed by atoms with Gasteiger partial charge in [0.2, 0.25) is 0 Å². The maximum Gasteiger partial charge on any atom is 0.141 e. The van der Waals surface area contributed by atoms with Crippen molar-refractivity contribution in [1.29, 1.82) is 0 Å². The third kappa shape index (κ3) is 3.68. The molecule has 2 aromatic rings. The Morgan fingerprint density at radius 1 is 1.15 bits per heavy atom. The van der Waals surface area contributed by atoms with Crippen LogP contribution < -0.4 is 10.1 Å². The molecule has 2 rings (SSSR count). The minimum absolute atomic E-state index is 0.0562. The zero-order valence-corrected chi connectivity index (χ0v) is 11.7. The minimum Gasteiger partial charge on any atom is -0.489 e. The molecular formula is C15H14ClF2NO. The second kappa shape index (κ2) is 6.68. The number of benzene rings is 2. The second-order valence-corrected chi connectivity index (χ2v) is 4.73. The van der Waals surface area contributed by atoms with Gasteiger partial charge in [0.1, 0.15) is 24.0 Å². The molecule has 2 aromatic carbocycles. The molecule has 2 nitrogen and oxygen atoms in total. The maximum atomic E-state index is 13.2. The summed E-state index contributed by atoms with van der Waals surface area (Å²) in [6.07, 6.45) is 0. The molecule has 0 atom stereocenters. The summed E-state index contributed by atoms with van der Waals surface area (Å²) in [4.78, 5) is 0. The SMILES string of the molecule is CNCc1cc(F)ccc1OCc1ccc(F)c(Cl)c1. The first-order valence-electron chi connectivity index (χ1n) is 6.10. The lowest BCUT2D eigenvalue weighted by Crippen LogP contribution is -2.08. The van der Waals surface area contributed by atoms with Crippen molar-refractivity contribution in [2.45, 2.75) is 13.2 Å². The Labute approximate surface area is 121 Å². The van der Waals surface area contributed by atoms with Crippen LogP contribution in [0.3, 0.4) is 0 Å².